The lowest BCUT2D eigenvalue weighted by molar-refractivity contribution is 0.0947. The van der Waals surface area contributed by atoms with E-state index in [1.54, 1.807) is 24.3 Å². The minimum Gasteiger partial charge on any atom is -0.493 e. The van der Waals surface area contributed by atoms with Crippen LogP contribution in [0.5, 0.6) is 11.5 Å². The highest BCUT2D eigenvalue weighted by molar-refractivity contribution is 6.02. The van der Waals surface area contributed by atoms with E-state index in [9.17, 15) is 9.59 Å². The number of hydrogen-bond acceptors (Lipinski definition) is 6. The number of carbonyl (C=O) groups is 2. The van der Waals surface area contributed by atoms with Crippen LogP contribution in [-0.2, 0) is 0 Å². The standard InChI is InChI=1S/C30H38N2O5/c1-6-9-15-35-25-18-26(36-16-10-7-2)24(17-23(25)20(4)5)29-27(22-13-11-21(19-33)12-14-22)28(32-37-29)30(34)31-8-3/h11-14,17-20H,6-10,15-16H2,1-5H3,(H,31,34). The van der Waals surface area contributed by atoms with E-state index in [0.717, 1.165) is 48.8 Å². The van der Waals surface area contributed by atoms with E-state index in [0.29, 0.717) is 48.0 Å². The molecular weight excluding hydrogens is 468 g/mol. The summed E-state index contributed by atoms with van der Waals surface area (Å²) in [5, 5.41) is 7.00. The maximum atomic E-state index is 12.9. The van der Waals surface area contributed by atoms with Gasteiger partial charge in [-0.25, -0.2) is 0 Å². The molecule has 0 unspecified atom stereocenters. The lowest BCUT2D eigenvalue weighted by Gasteiger charge is -2.19. The van der Waals surface area contributed by atoms with Crippen LogP contribution in [0.15, 0.2) is 40.9 Å². The van der Waals surface area contributed by atoms with Gasteiger partial charge in [0.1, 0.15) is 17.8 Å². The molecule has 0 saturated heterocycles. The minimum atomic E-state index is -0.330. The van der Waals surface area contributed by atoms with Crippen molar-refractivity contribution in [3.05, 3.63) is 53.2 Å². The van der Waals surface area contributed by atoms with Crippen LogP contribution in [-0.4, -0.2) is 37.1 Å². The zero-order valence-corrected chi connectivity index (χ0v) is 22.6. The summed E-state index contributed by atoms with van der Waals surface area (Å²) >= 11 is 0. The van der Waals surface area contributed by atoms with Crippen molar-refractivity contribution in [3.63, 3.8) is 0 Å². The molecule has 0 spiro atoms. The van der Waals surface area contributed by atoms with Crippen molar-refractivity contribution < 1.29 is 23.6 Å². The molecule has 2 aromatic carbocycles. The molecule has 1 amide bonds. The van der Waals surface area contributed by atoms with Gasteiger partial charge in [-0.2, -0.15) is 0 Å². The SMILES string of the molecule is CCCCOc1cc(OCCCC)c(C(C)C)cc1-c1onc(C(=O)NCC)c1-c1ccc(C=O)cc1. The highest BCUT2D eigenvalue weighted by Crippen LogP contribution is 2.44. The van der Waals surface area contributed by atoms with Gasteiger partial charge in [0.25, 0.3) is 5.91 Å². The Bertz CT molecular complexity index is 1180. The third-order valence-corrected chi connectivity index (χ3v) is 6.07. The molecule has 0 aliphatic heterocycles. The first-order chi connectivity index (χ1) is 17.9. The molecule has 0 fully saturated rings. The highest BCUT2D eigenvalue weighted by Gasteiger charge is 2.27. The molecule has 3 rings (SSSR count). The Labute approximate surface area is 219 Å². The second-order valence-corrected chi connectivity index (χ2v) is 9.28. The number of nitrogens with zero attached hydrogens (tertiary/aromatic N) is 1. The molecule has 1 heterocycles. The van der Waals surface area contributed by atoms with Crippen LogP contribution in [0, 0.1) is 0 Å². The maximum Gasteiger partial charge on any atom is 0.274 e. The summed E-state index contributed by atoms with van der Waals surface area (Å²) in [7, 11) is 0. The Morgan fingerprint density at radius 2 is 1.65 bits per heavy atom. The number of hydrogen-bond donors (Lipinski definition) is 1. The van der Waals surface area contributed by atoms with Crippen LogP contribution in [0.3, 0.4) is 0 Å². The van der Waals surface area contributed by atoms with Gasteiger partial charge >= 0.3 is 0 Å². The van der Waals surface area contributed by atoms with Crippen molar-refractivity contribution in [2.75, 3.05) is 19.8 Å². The third kappa shape index (κ3) is 6.79. The molecular formula is C30H38N2O5. The summed E-state index contributed by atoms with van der Waals surface area (Å²) in [4.78, 5) is 24.2. The lowest BCUT2D eigenvalue weighted by atomic mass is 9.93. The topological polar surface area (TPSA) is 90.7 Å². The summed E-state index contributed by atoms with van der Waals surface area (Å²) in [5.41, 5.74) is 3.73. The summed E-state index contributed by atoms with van der Waals surface area (Å²) < 4.78 is 18.3. The van der Waals surface area contributed by atoms with E-state index in [1.165, 1.54) is 0 Å². The van der Waals surface area contributed by atoms with Gasteiger partial charge in [-0.1, -0.05) is 70.0 Å². The second kappa shape index (κ2) is 13.6. The van der Waals surface area contributed by atoms with E-state index in [-0.39, 0.29) is 17.5 Å². The first-order valence-electron chi connectivity index (χ1n) is 13.2. The monoisotopic (exact) mass is 506 g/mol. The summed E-state index contributed by atoms with van der Waals surface area (Å²) in [6, 6.07) is 11.0. The van der Waals surface area contributed by atoms with Crippen molar-refractivity contribution in [3.8, 4) is 33.9 Å². The third-order valence-electron chi connectivity index (χ3n) is 6.07. The van der Waals surface area contributed by atoms with Crippen LogP contribution in [0.4, 0.5) is 0 Å². The van der Waals surface area contributed by atoms with Gasteiger partial charge < -0.3 is 19.3 Å². The normalized spacial score (nSPS) is 11.0. The quantitative estimate of drug-likeness (QED) is 0.186. The van der Waals surface area contributed by atoms with Gasteiger partial charge in [0.15, 0.2) is 11.5 Å². The molecule has 0 aliphatic carbocycles. The average Bonchev–Trinajstić information content (AvgIpc) is 3.34. The van der Waals surface area contributed by atoms with Crippen LogP contribution >= 0.6 is 0 Å². The number of rotatable bonds is 14. The Morgan fingerprint density at radius 1 is 1.00 bits per heavy atom. The Morgan fingerprint density at radius 3 is 2.22 bits per heavy atom. The van der Waals surface area contributed by atoms with Crippen LogP contribution < -0.4 is 14.8 Å². The molecule has 198 valence electrons. The summed E-state index contributed by atoms with van der Waals surface area (Å²) in [6.45, 7) is 11.9. The molecule has 1 N–H and O–H groups in total. The number of nitrogens with one attached hydrogen (secondary N) is 1. The van der Waals surface area contributed by atoms with Gasteiger partial charge in [-0.15, -0.1) is 0 Å². The van der Waals surface area contributed by atoms with Crippen molar-refractivity contribution in [1.29, 1.82) is 0 Å². The van der Waals surface area contributed by atoms with Crippen LogP contribution in [0.25, 0.3) is 22.5 Å². The van der Waals surface area contributed by atoms with Gasteiger partial charge in [-0.05, 0) is 42.9 Å². The van der Waals surface area contributed by atoms with Crippen LogP contribution in [0.2, 0.25) is 0 Å². The van der Waals surface area contributed by atoms with Gasteiger partial charge in [0, 0.05) is 18.2 Å². The van der Waals surface area contributed by atoms with Gasteiger partial charge in [-0.3, -0.25) is 9.59 Å². The number of benzene rings is 2. The number of ether oxygens (including phenoxy) is 2. The first-order valence-corrected chi connectivity index (χ1v) is 13.2. The molecule has 0 atom stereocenters. The van der Waals surface area contributed by atoms with E-state index >= 15 is 0 Å². The molecule has 37 heavy (non-hydrogen) atoms. The van der Waals surface area contributed by atoms with Crippen molar-refractivity contribution in [2.24, 2.45) is 0 Å². The Balaban J connectivity index is 2.23. The molecule has 7 nitrogen and oxygen atoms in total. The zero-order valence-electron chi connectivity index (χ0n) is 22.6. The average molecular weight is 507 g/mol. The van der Waals surface area contributed by atoms with Gasteiger partial charge in [0.2, 0.25) is 0 Å². The van der Waals surface area contributed by atoms with Crippen molar-refractivity contribution >= 4 is 12.2 Å². The number of amides is 1. The van der Waals surface area contributed by atoms with Crippen molar-refractivity contribution in [2.45, 2.75) is 66.2 Å². The minimum absolute atomic E-state index is 0.182. The zero-order chi connectivity index (χ0) is 26.8. The largest absolute Gasteiger partial charge is 0.493 e. The molecule has 7 heteroatoms. The molecule has 1 aromatic heterocycles. The van der Waals surface area contributed by atoms with Crippen molar-refractivity contribution in [1.82, 2.24) is 10.5 Å². The summed E-state index contributed by atoms with van der Waals surface area (Å²) in [6.07, 6.45) is 4.69. The number of carbonyl (C=O) groups excluding carboxylic acids is 2. The molecule has 0 bridgehead atoms. The van der Waals surface area contributed by atoms with E-state index in [4.69, 9.17) is 14.0 Å². The molecule has 0 aliphatic rings. The Hall–Kier alpha value is -3.61. The number of aldehydes is 1. The lowest BCUT2D eigenvalue weighted by Crippen LogP contribution is -2.23. The second-order valence-electron chi connectivity index (χ2n) is 9.28. The number of unbranched alkanes of at least 4 members (excludes halogenated alkanes) is 2. The van der Waals surface area contributed by atoms with Gasteiger partial charge in [0.05, 0.1) is 24.3 Å². The van der Waals surface area contributed by atoms with E-state index in [1.807, 2.05) is 19.1 Å². The summed E-state index contributed by atoms with van der Waals surface area (Å²) in [5.74, 6) is 1.70. The fourth-order valence-corrected chi connectivity index (χ4v) is 3.97. The fraction of sp³-hybridized carbons (Fsp3) is 0.433. The van der Waals surface area contributed by atoms with E-state index < -0.39 is 0 Å². The maximum absolute atomic E-state index is 12.9. The van der Waals surface area contributed by atoms with E-state index in [2.05, 4.69) is 38.2 Å². The molecule has 3 aromatic rings. The Kier molecular flexibility index (Phi) is 10.3. The highest BCUT2D eigenvalue weighted by atomic mass is 16.5. The molecule has 0 radical (unpaired) electrons. The fourth-order valence-electron chi connectivity index (χ4n) is 3.97. The first kappa shape index (κ1) is 28.0. The molecule has 0 saturated carbocycles. The smallest absolute Gasteiger partial charge is 0.274 e. The number of aromatic nitrogens is 1. The predicted molar refractivity (Wildman–Crippen MR) is 146 cm³/mol. The van der Waals surface area contributed by atoms with Crippen LogP contribution in [0.1, 0.15) is 92.6 Å². The predicted octanol–water partition coefficient (Wildman–Crippen LogP) is 7.05.